The van der Waals surface area contributed by atoms with Crippen LogP contribution in [-0.4, -0.2) is 57.0 Å². The van der Waals surface area contributed by atoms with Gasteiger partial charge < -0.3 is 24.2 Å². The third-order valence-corrected chi connectivity index (χ3v) is 9.49. The second kappa shape index (κ2) is 13.9. The number of likely N-dealkylation sites (tertiary alicyclic amines) is 1. The Kier molecular flexibility index (Phi) is 10.0. The Balaban J connectivity index is 1.37. The minimum absolute atomic E-state index is 0.0893. The van der Waals surface area contributed by atoms with E-state index in [1.807, 2.05) is 18.2 Å². The molecule has 1 aliphatic heterocycles. The molecule has 3 aromatic carbocycles. The number of hydrogen-bond acceptors (Lipinski definition) is 6. The second-order valence-corrected chi connectivity index (χ2v) is 12.2. The molecule has 0 aromatic heterocycles. The molecule has 7 heteroatoms. The zero-order valence-corrected chi connectivity index (χ0v) is 26.4. The number of ether oxygens (including phenoxy) is 3. The highest BCUT2D eigenvalue weighted by molar-refractivity contribution is 5.65. The molecule has 1 saturated heterocycles. The summed E-state index contributed by atoms with van der Waals surface area (Å²) >= 11 is 0. The summed E-state index contributed by atoms with van der Waals surface area (Å²) in [5, 5.41) is 9.98. The molecule has 6 nitrogen and oxygen atoms in total. The smallest absolute Gasteiger partial charge is 0.165 e. The number of nitrogens with zero attached hydrogens (tertiary/aromatic N) is 2. The SMILES string of the molecule is CCN(c1cc(OC)c(OC)cc1[C@@H]1CCc2cc(O)ccc2C1)C(C)c1ccc(OCCN2CCC(C)CC2)c(F)c1. The normalized spacial score (nSPS) is 18.1. The third-order valence-electron chi connectivity index (χ3n) is 9.49. The molecule has 0 spiro atoms. The van der Waals surface area contributed by atoms with Crippen LogP contribution in [0.2, 0.25) is 0 Å². The predicted octanol–water partition coefficient (Wildman–Crippen LogP) is 7.52. The van der Waals surface area contributed by atoms with Crippen molar-refractivity contribution in [2.45, 2.75) is 64.8 Å². The van der Waals surface area contributed by atoms with E-state index in [9.17, 15) is 5.11 Å². The molecule has 0 amide bonds. The first-order chi connectivity index (χ1) is 20.8. The summed E-state index contributed by atoms with van der Waals surface area (Å²) in [7, 11) is 3.32. The number of piperidine rings is 1. The fraction of sp³-hybridized carbons (Fsp3) is 0.500. The van der Waals surface area contributed by atoms with Crippen molar-refractivity contribution in [2.24, 2.45) is 5.92 Å². The summed E-state index contributed by atoms with van der Waals surface area (Å²) in [6, 6.07) is 15.2. The van der Waals surface area contributed by atoms with Crippen LogP contribution in [0.5, 0.6) is 23.0 Å². The zero-order valence-electron chi connectivity index (χ0n) is 26.4. The van der Waals surface area contributed by atoms with Gasteiger partial charge in [-0.3, -0.25) is 4.90 Å². The summed E-state index contributed by atoms with van der Waals surface area (Å²) < 4.78 is 32.7. The fourth-order valence-corrected chi connectivity index (χ4v) is 6.76. The van der Waals surface area contributed by atoms with Crippen LogP contribution in [0.4, 0.5) is 10.1 Å². The first kappa shape index (κ1) is 31.0. The molecule has 232 valence electrons. The van der Waals surface area contributed by atoms with Crippen molar-refractivity contribution >= 4 is 5.69 Å². The van der Waals surface area contributed by atoms with Crippen molar-refractivity contribution in [1.82, 2.24) is 4.90 Å². The molecule has 3 aromatic rings. The van der Waals surface area contributed by atoms with E-state index in [0.717, 1.165) is 62.6 Å². The van der Waals surface area contributed by atoms with Crippen molar-refractivity contribution in [3.63, 3.8) is 0 Å². The number of benzene rings is 3. The molecule has 2 aliphatic rings. The molecule has 0 radical (unpaired) electrons. The van der Waals surface area contributed by atoms with Gasteiger partial charge in [0.15, 0.2) is 23.1 Å². The lowest BCUT2D eigenvalue weighted by Crippen LogP contribution is -2.35. The van der Waals surface area contributed by atoms with Gasteiger partial charge in [0.1, 0.15) is 12.4 Å². The number of phenols is 1. The molecule has 0 saturated carbocycles. The molecule has 5 rings (SSSR count). The van der Waals surface area contributed by atoms with Crippen molar-refractivity contribution < 1.29 is 23.7 Å². The summed E-state index contributed by atoms with van der Waals surface area (Å²) in [5.41, 5.74) is 5.62. The number of aryl methyl sites for hydroxylation is 1. The highest BCUT2D eigenvalue weighted by Crippen LogP contribution is 2.45. The van der Waals surface area contributed by atoms with E-state index in [0.29, 0.717) is 29.6 Å². The van der Waals surface area contributed by atoms with Crippen LogP contribution >= 0.6 is 0 Å². The van der Waals surface area contributed by atoms with Crippen molar-refractivity contribution in [3.8, 4) is 23.0 Å². The maximum Gasteiger partial charge on any atom is 0.165 e. The number of methoxy groups -OCH3 is 2. The quantitative estimate of drug-likeness (QED) is 0.249. The van der Waals surface area contributed by atoms with Gasteiger partial charge in [0.25, 0.3) is 0 Å². The number of anilines is 1. The summed E-state index contributed by atoms with van der Waals surface area (Å²) in [6.07, 6.45) is 5.17. The lowest BCUT2D eigenvalue weighted by atomic mass is 9.79. The topological polar surface area (TPSA) is 54.4 Å². The van der Waals surface area contributed by atoms with Crippen LogP contribution < -0.4 is 19.1 Å². The Bertz CT molecular complexity index is 1390. The molecule has 1 unspecified atom stereocenters. The maximum atomic E-state index is 15.3. The van der Waals surface area contributed by atoms with Gasteiger partial charge in [-0.15, -0.1) is 0 Å². The molecular formula is C36H47FN2O4. The van der Waals surface area contributed by atoms with Crippen LogP contribution in [0.3, 0.4) is 0 Å². The zero-order chi connectivity index (χ0) is 30.5. The molecule has 1 N–H and O–H groups in total. The van der Waals surface area contributed by atoms with Gasteiger partial charge in [-0.2, -0.15) is 0 Å². The van der Waals surface area contributed by atoms with Crippen molar-refractivity contribution in [1.29, 1.82) is 0 Å². The molecule has 1 heterocycles. The van der Waals surface area contributed by atoms with E-state index >= 15 is 4.39 Å². The van der Waals surface area contributed by atoms with E-state index in [-0.39, 0.29) is 17.8 Å². The van der Waals surface area contributed by atoms with E-state index in [2.05, 4.69) is 42.7 Å². The number of aromatic hydroxyl groups is 1. The Morgan fingerprint density at radius 3 is 2.40 bits per heavy atom. The highest BCUT2D eigenvalue weighted by atomic mass is 19.1. The van der Waals surface area contributed by atoms with Crippen molar-refractivity contribution in [2.75, 3.05) is 51.9 Å². The summed E-state index contributed by atoms with van der Waals surface area (Å²) in [5.74, 6) is 2.73. The van der Waals surface area contributed by atoms with Gasteiger partial charge in [0.05, 0.1) is 20.3 Å². The van der Waals surface area contributed by atoms with Crippen LogP contribution in [0.1, 0.15) is 74.2 Å². The number of halogens is 1. The van der Waals surface area contributed by atoms with Crippen LogP contribution in [0.25, 0.3) is 0 Å². The first-order valence-corrected chi connectivity index (χ1v) is 15.8. The minimum atomic E-state index is -0.327. The van der Waals surface area contributed by atoms with E-state index in [1.165, 1.54) is 29.5 Å². The van der Waals surface area contributed by atoms with Gasteiger partial charge in [-0.05, 0) is 123 Å². The van der Waals surface area contributed by atoms with E-state index in [1.54, 1.807) is 32.4 Å². The van der Waals surface area contributed by atoms with Gasteiger partial charge in [0, 0.05) is 24.8 Å². The van der Waals surface area contributed by atoms with Crippen LogP contribution in [-0.2, 0) is 12.8 Å². The number of fused-ring (bicyclic) bond motifs is 1. The van der Waals surface area contributed by atoms with Crippen LogP contribution in [0.15, 0.2) is 48.5 Å². The lowest BCUT2D eigenvalue weighted by Gasteiger charge is -2.36. The van der Waals surface area contributed by atoms with Gasteiger partial charge in [-0.25, -0.2) is 4.39 Å². The summed E-state index contributed by atoms with van der Waals surface area (Å²) in [6.45, 7) is 10.8. The average molecular weight is 591 g/mol. The molecule has 2 atom stereocenters. The van der Waals surface area contributed by atoms with E-state index in [4.69, 9.17) is 14.2 Å². The van der Waals surface area contributed by atoms with Gasteiger partial charge >= 0.3 is 0 Å². The number of rotatable bonds is 11. The number of phenolic OH excluding ortho intramolecular Hbond substituents is 1. The minimum Gasteiger partial charge on any atom is -0.508 e. The predicted molar refractivity (Wildman–Crippen MR) is 171 cm³/mol. The average Bonchev–Trinajstić information content (AvgIpc) is 3.02. The first-order valence-electron chi connectivity index (χ1n) is 15.8. The van der Waals surface area contributed by atoms with Gasteiger partial charge in [-0.1, -0.05) is 19.1 Å². The second-order valence-electron chi connectivity index (χ2n) is 12.2. The Morgan fingerprint density at radius 1 is 0.953 bits per heavy atom. The molecular weight excluding hydrogens is 543 g/mol. The number of hydrogen-bond donors (Lipinski definition) is 1. The van der Waals surface area contributed by atoms with Gasteiger partial charge in [0.2, 0.25) is 0 Å². The monoisotopic (exact) mass is 590 g/mol. The lowest BCUT2D eigenvalue weighted by molar-refractivity contribution is 0.158. The molecule has 1 fully saturated rings. The maximum absolute atomic E-state index is 15.3. The third kappa shape index (κ3) is 7.04. The van der Waals surface area contributed by atoms with E-state index < -0.39 is 0 Å². The molecule has 1 aliphatic carbocycles. The highest BCUT2D eigenvalue weighted by Gasteiger charge is 2.28. The standard InChI is InChI=1S/C36H47FN2O4/c1-6-39(25(3)26-10-12-34(32(37)21-26)43-18-17-38-15-13-24(2)14-16-38)33-23-36(42-5)35(41-4)22-31(33)29-8-7-28-20-30(40)11-9-27(28)19-29/h9-12,20-25,29,40H,6-8,13-19H2,1-5H3/t25?,29-/m1/s1. The summed E-state index contributed by atoms with van der Waals surface area (Å²) in [4.78, 5) is 4.72. The molecule has 0 bridgehead atoms. The Labute approximate surface area is 256 Å². The fourth-order valence-electron chi connectivity index (χ4n) is 6.76. The Morgan fingerprint density at radius 2 is 1.70 bits per heavy atom. The van der Waals surface area contributed by atoms with Crippen molar-refractivity contribution in [3.05, 3.63) is 76.6 Å². The largest absolute Gasteiger partial charge is 0.508 e. The Hall–Kier alpha value is -3.45. The molecule has 43 heavy (non-hydrogen) atoms. The van der Waals surface area contributed by atoms with Crippen LogP contribution in [0, 0.1) is 11.7 Å².